The highest BCUT2D eigenvalue weighted by Gasteiger charge is 2.16. The summed E-state index contributed by atoms with van der Waals surface area (Å²) in [5, 5.41) is 3.32. The van der Waals surface area contributed by atoms with E-state index in [0.717, 1.165) is 38.3 Å². The SMILES string of the molecule is CCN(CC)c1cccc(O[C@H]2CCNC2)c1. The quantitative estimate of drug-likeness (QED) is 0.846. The Morgan fingerprint density at radius 1 is 1.35 bits per heavy atom. The van der Waals surface area contributed by atoms with Crippen LogP contribution in [0, 0.1) is 0 Å². The summed E-state index contributed by atoms with van der Waals surface area (Å²) in [6, 6.07) is 8.41. The van der Waals surface area contributed by atoms with Gasteiger partial charge in [0.1, 0.15) is 11.9 Å². The molecule has 1 aliphatic heterocycles. The summed E-state index contributed by atoms with van der Waals surface area (Å²) >= 11 is 0. The smallest absolute Gasteiger partial charge is 0.121 e. The molecule has 2 rings (SSSR count). The molecule has 0 saturated carbocycles. The molecule has 1 heterocycles. The number of hydrogen-bond donors (Lipinski definition) is 1. The molecule has 1 saturated heterocycles. The second kappa shape index (κ2) is 5.92. The molecule has 1 aromatic carbocycles. The standard InChI is InChI=1S/C14H22N2O/c1-3-16(4-2)12-6-5-7-13(10-12)17-14-8-9-15-11-14/h5-7,10,14-15H,3-4,8-9,11H2,1-2H3/t14-/m0/s1. The van der Waals surface area contributed by atoms with E-state index in [2.05, 4.69) is 42.3 Å². The highest BCUT2D eigenvalue weighted by molar-refractivity contribution is 5.50. The molecule has 0 amide bonds. The van der Waals surface area contributed by atoms with Crippen molar-refractivity contribution in [3.63, 3.8) is 0 Å². The Morgan fingerprint density at radius 3 is 2.82 bits per heavy atom. The van der Waals surface area contributed by atoms with E-state index in [-0.39, 0.29) is 0 Å². The molecular formula is C14H22N2O. The lowest BCUT2D eigenvalue weighted by molar-refractivity contribution is 0.223. The van der Waals surface area contributed by atoms with Crippen LogP contribution in [0.4, 0.5) is 5.69 Å². The maximum absolute atomic E-state index is 5.97. The van der Waals surface area contributed by atoms with Gasteiger partial charge in [-0.1, -0.05) is 6.07 Å². The van der Waals surface area contributed by atoms with Gasteiger partial charge in [0.15, 0.2) is 0 Å². The number of benzene rings is 1. The minimum Gasteiger partial charge on any atom is -0.489 e. The number of nitrogens with one attached hydrogen (secondary N) is 1. The maximum Gasteiger partial charge on any atom is 0.121 e. The molecule has 94 valence electrons. The third kappa shape index (κ3) is 3.13. The van der Waals surface area contributed by atoms with E-state index in [0.29, 0.717) is 6.10 Å². The number of hydrogen-bond acceptors (Lipinski definition) is 3. The van der Waals surface area contributed by atoms with Gasteiger partial charge >= 0.3 is 0 Å². The van der Waals surface area contributed by atoms with E-state index < -0.39 is 0 Å². The van der Waals surface area contributed by atoms with Crippen molar-refractivity contribution in [1.29, 1.82) is 0 Å². The maximum atomic E-state index is 5.97. The number of rotatable bonds is 5. The first kappa shape index (κ1) is 12.2. The van der Waals surface area contributed by atoms with Crippen molar-refractivity contribution in [3.05, 3.63) is 24.3 Å². The Bertz CT molecular complexity index is 344. The zero-order chi connectivity index (χ0) is 12.1. The van der Waals surface area contributed by atoms with Crippen molar-refractivity contribution in [2.75, 3.05) is 31.1 Å². The molecular weight excluding hydrogens is 212 g/mol. The highest BCUT2D eigenvalue weighted by Crippen LogP contribution is 2.22. The van der Waals surface area contributed by atoms with E-state index in [1.165, 1.54) is 5.69 Å². The molecule has 1 aromatic rings. The van der Waals surface area contributed by atoms with E-state index in [1.807, 2.05) is 6.07 Å². The fraction of sp³-hybridized carbons (Fsp3) is 0.571. The van der Waals surface area contributed by atoms with Crippen molar-refractivity contribution in [1.82, 2.24) is 5.32 Å². The minimum atomic E-state index is 0.335. The second-order valence-electron chi connectivity index (χ2n) is 4.40. The Balaban J connectivity index is 2.04. The molecule has 0 aliphatic carbocycles. The molecule has 3 heteroatoms. The monoisotopic (exact) mass is 234 g/mol. The van der Waals surface area contributed by atoms with Crippen LogP contribution in [0.15, 0.2) is 24.3 Å². The second-order valence-corrected chi connectivity index (χ2v) is 4.40. The van der Waals surface area contributed by atoms with Crippen LogP contribution in [0.3, 0.4) is 0 Å². The van der Waals surface area contributed by atoms with Gasteiger partial charge in [-0.15, -0.1) is 0 Å². The Morgan fingerprint density at radius 2 is 2.18 bits per heavy atom. The fourth-order valence-corrected chi connectivity index (χ4v) is 2.26. The van der Waals surface area contributed by atoms with Crippen LogP contribution < -0.4 is 15.0 Å². The van der Waals surface area contributed by atoms with Crippen molar-refractivity contribution in [2.45, 2.75) is 26.4 Å². The number of ether oxygens (including phenoxy) is 1. The molecule has 1 aliphatic rings. The summed E-state index contributed by atoms with van der Waals surface area (Å²) in [7, 11) is 0. The topological polar surface area (TPSA) is 24.5 Å². The molecule has 17 heavy (non-hydrogen) atoms. The third-order valence-corrected chi connectivity index (χ3v) is 3.26. The van der Waals surface area contributed by atoms with Crippen molar-refractivity contribution < 1.29 is 4.74 Å². The first-order valence-corrected chi connectivity index (χ1v) is 6.56. The lowest BCUT2D eigenvalue weighted by Crippen LogP contribution is -2.22. The summed E-state index contributed by atoms with van der Waals surface area (Å²) in [6.07, 6.45) is 1.44. The molecule has 0 aromatic heterocycles. The highest BCUT2D eigenvalue weighted by atomic mass is 16.5. The Labute approximate surface area is 104 Å². The Kier molecular flexibility index (Phi) is 4.26. The van der Waals surface area contributed by atoms with Crippen LogP contribution in [-0.2, 0) is 0 Å². The van der Waals surface area contributed by atoms with Gasteiger partial charge in [-0.3, -0.25) is 0 Å². The largest absolute Gasteiger partial charge is 0.489 e. The van der Waals surface area contributed by atoms with E-state index in [4.69, 9.17) is 4.74 Å². The zero-order valence-corrected chi connectivity index (χ0v) is 10.8. The van der Waals surface area contributed by atoms with Gasteiger partial charge in [0.05, 0.1) is 0 Å². The van der Waals surface area contributed by atoms with Crippen LogP contribution in [0.1, 0.15) is 20.3 Å². The zero-order valence-electron chi connectivity index (χ0n) is 10.8. The predicted molar refractivity (Wildman–Crippen MR) is 71.9 cm³/mol. The van der Waals surface area contributed by atoms with Gasteiger partial charge in [-0.25, -0.2) is 0 Å². The normalized spacial score (nSPS) is 19.3. The molecule has 3 nitrogen and oxygen atoms in total. The predicted octanol–water partition coefficient (Wildman–Crippen LogP) is 2.27. The van der Waals surface area contributed by atoms with Gasteiger partial charge in [-0.2, -0.15) is 0 Å². The van der Waals surface area contributed by atoms with Gasteiger partial charge in [0, 0.05) is 31.4 Å². The van der Waals surface area contributed by atoms with Crippen LogP contribution >= 0.6 is 0 Å². The fourth-order valence-electron chi connectivity index (χ4n) is 2.26. The van der Waals surface area contributed by atoms with E-state index in [1.54, 1.807) is 0 Å². The average Bonchev–Trinajstić information content (AvgIpc) is 2.84. The molecule has 1 N–H and O–H groups in total. The van der Waals surface area contributed by atoms with Crippen LogP contribution in [0.2, 0.25) is 0 Å². The van der Waals surface area contributed by atoms with Gasteiger partial charge < -0.3 is 15.0 Å². The summed E-state index contributed by atoms with van der Waals surface area (Å²) in [4.78, 5) is 2.33. The summed E-state index contributed by atoms with van der Waals surface area (Å²) in [5.41, 5.74) is 1.25. The van der Waals surface area contributed by atoms with Gasteiger partial charge in [0.25, 0.3) is 0 Å². The lowest BCUT2D eigenvalue weighted by atomic mass is 10.2. The van der Waals surface area contributed by atoms with E-state index >= 15 is 0 Å². The van der Waals surface area contributed by atoms with Crippen LogP contribution in [0.25, 0.3) is 0 Å². The molecule has 1 fully saturated rings. The molecule has 0 spiro atoms. The Hall–Kier alpha value is -1.22. The molecule has 0 radical (unpaired) electrons. The molecule has 0 bridgehead atoms. The third-order valence-electron chi connectivity index (χ3n) is 3.26. The molecule has 0 unspecified atom stereocenters. The number of nitrogens with zero attached hydrogens (tertiary/aromatic N) is 1. The van der Waals surface area contributed by atoms with Crippen LogP contribution in [-0.4, -0.2) is 32.3 Å². The summed E-state index contributed by atoms with van der Waals surface area (Å²) in [5.74, 6) is 0.989. The van der Waals surface area contributed by atoms with Crippen molar-refractivity contribution >= 4 is 5.69 Å². The first-order valence-electron chi connectivity index (χ1n) is 6.56. The van der Waals surface area contributed by atoms with E-state index in [9.17, 15) is 0 Å². The van der Waals surface area contributed by atoms with Gasteiger partial charge in [0.2, 0.25) is 0 Å². The molecule has 1 atom stereocenters. The summed E-state index contributed by atoms with van der Waals surface area (Å²) < 4.78 is 5.97. The average molecular weight is 234 g/mol. The number of anilines is 1. The van der Waals surface area contributed by atoms with Crippen molar-refractivity contribution in [3.8, 4) is 5.75 Å². The lowest BCUT2D eigenvalue weighted by Gasteiger charge is -2.22. The first-order chi connectivity index (χ1) is 8.33. The van der Waals surface area contributed by atoms with Crippen LogP contribution in [0.5, 0.6) is 5.75 Å². The summed E-state index contributed by atoms with van der Waals surface area (Å²) in [6.45, 7) is 8.46. The van der Waals surface area contributed by atoms with Gasteiger partial charge in [-0.05, 0) is 38.9 Å². The van der Waals surface area contributed by atoms with Crippen molar-refractivity contribution in [2.24, 2.45) is 0 Å². The minimum absolute atomic E-state index is 0.335.